The molecule has 0 bridgehead atoms. The first-order valence-corrected chi connectivity index (χ1v) is 9.39. The lowest BCUT2D eigenvalue weighted by Crippen LogP contribution is -2.45. The van der Waals surface area contributed by atoms with E-state index in [0.717, 1.165) is 25.7 Å². The van der Waals surface area contributed by atoms with E-state index in [1.165, 1.54) is 17.1 Å². The second-order valence-corrected chi connectivity index (χ2v) is 8.28. The summed E-state index contributed by atoms with van der Waals surface area (Å²) in [5.74, 6) is 2.27. The third kappa shape index (κ3) is 3.22. The van der Waals surface area contributed by atoms with Crippen molar-refractivity contribution >= 4 is 29.4 Å². The minimum atomic E-state index is -0.646. The number of thioether (sulfide) groups is 2. The monoisotopic (exact) mass is 318 g/mol. The van der Waals surface area contributed by atoms with Gasteiger partial charge in [-0.25, -0.2) is 0 Å². The Kier molecular flexibility index (Phi) is 4.46. The van der Waals surface area contributed by atoms with Crippen LogP contribution in [0.2, 0.25) is 0 Å². The lowest BCUT2D eigenvalue weighted by Gasteiger charge is -2.22. The van der Waals surface area contributed by atoms with Crippen LogP contribution in [0, 0.1) is 11.3 Å². The van der Waals surface area contributed by atoms with Crippen LogP contribution < -0.4 is 5.32 Å². The molecule has 3 rings (SSSR count). The fraction of sp³-hybridized carbons (Fsp3) is 0.500. The molecule has 0 radical (unpaired) electrons. The molecule has 1 aromatic rings. The van der Waals surface area contributed by atoms with E-state index in [2.05, 4.69) is 11.4 Å². The van der Waals surface area contributed by atoms with Gasteiger partial charge in [-0.05, 0) is 43.4 Å². The second-order valence-electron chi connectivity index (χ2n) is 5.55. The standard InChI is InChI=1S/C16H18N2OS2/c17-11-16(7-1-2-8-16)18-14(19)12-3-5-13(6-4-12)15-20-9-10-21-15/h3-6,15H,1-2,7-10H2,(H,18,19). The van der Waals surface area contributed by atoms with Crippen LogP contribution in [0.5, 0.6) is 0 Å². The first-order valence-electron chi connectivity index (χ1n) is 7.29. The van der Waals surface area contributed by atoms with E-state index in [1.54, 1.807) is 0 Å². The summed E-state index contributed by atoms with van der Waals surface area (Å²) in [6, 6.07) is 10.1. The zero-order valence-corrected chi connectivity index (χ0v) is 13.4. The average Bonchev–Trinajstić information content (AvgIpc) is 3.19. The average molecular weight is 318 g/mol. The van der Waals surface area contributed by atoms with E-state index in [9.17, 15) is 10.1 Å². The summed E-state index contributed by atoms with van der Waals surface area (Å²) >= 11 is 3.92. The van der Waals surface area contributed by atoms with Crippen molar-refractivity contribution in [1.29, 1.82) is 5.26 Å². The largest absolute Gasteiger partial charge is 0.334 e. The maximum absolute atomic E-state index is 12.3. The molecule has 110 valence electrons. The summed E-state index contributed by atoms with van der Waals surface area (Å²) in [5.41, 5.74) is 1.27. The Hall–Kier alpha value is -1.12. The van der Waals surface area contributed by atoms with E-state index >= 15 is 0 Å². The van der Waals surface area contributed by atoms with Gasteiger partial charge in [0.05, 0.1) is 10.7 Å². The van der Waals surface area contributed by atoms with Gasteiger partial charge in [-0.15, -0.1) is 23.5 Å². The van der Waals surface area contributed by atoms with Crippen LogP contribution in [-0.2, 0) is 0 Å². The molecule has 21 heavy (non-hydrogen) atoms. The lowest BCUT2D eigenvalue weighted by atomic mass is 9.99. The second kappa shape index (κ2) is 6.33. The van der Waals surface area contributed by atoms with Crippen molar-refractivity contribution in [3.8, 4) is 6.07 Å². The number of nitrogens with one attached hydrogen (secondary N) is 1. The van der Waals surface area contributed by atoms with Crippen LogP contribution in [-0.4, -0.2) is 23.0 Å². The third-order valence-corrected chi connectivity index (χ3v) is 7.20. The van der Waals surface area contributed by atoms with Crippen LogP contribution in [0.1, 0.15) is 46.2 Å². The van der Waals surface area contributed by atoms with E-state index in [0.29, 0.717) is 10.1 Å². The fourth-order valence-electron chi connectivity index (χ4n) is 2.88. The van der Waals surface area contributed by atoms with Crippen molar-refractivity contribution in [3.63, 3.8) is 0 Å². The molecule has 1 heterocycles. The molecule has 1 aliphatic carbocycles. The van der Waals surface area contributed by atoms with E-state index < -0.39 is 5.54 Å². The number of nitriles is 1. The molecule has 1 aromatic carbocycles. The summed E-state index contributed by atoms with van der Waals surface area (Å²) in [6.45, 7) is 0. The van der Waals surface area contributed by atoms with Crippen LogP contribution in [0.4, 0.5) is 0 Å². The molecule has 2 fully saturated rings. The van der Waals surface area contributed by atoms with Gasteiger partial charge in [-0.1, -0.05) is 12.1 Å². The number of rotatable bonds is 3. The number of amides is 1. The molecular formula is C16H18N2OS2. The first kappa shape index (κ1) is 14.8. The Balaban J connectivity index is 1.69. The van der Waals surface area contributed by atoms with Gasteiger partial charge < -0.3 is 5.32 Å². The zero-order chi connectivity index (χ0) is 14.7. The van der Waals surface area contributed by atoms with Gasteiger partial charge in [0.2, 0.25) is 0 Å². The minimum absolute atomic E-state index is 0.128. The van der Waals surface area contributed by atoms with Gasteiger partial charge in [0.1, 0.15) is 5.54 Å². The summed E-state index contributed by atoms with van der Waals surface area (Å²) in [5, 5.41) is 12.3. The maximum atomic E-state index is 12.3. The first-order chi connectivity index (χ1) is 10.2. The highest BCUT2D eigenvalue weighted by Gasteiger charge is 2.35. The van der Waals surface area contributed by atoms with Crippen molar-refractivity contribution < 1.29 is 4.79 Å². The van der Waals surface area contributed by atoms with Crippen molar-refractivity contribution in [1.82, 2.24) is 5.32 Å². The number of nitrogens with zero attached hydrogens (tertiary/aromatic N) is 1. The highest BCUT2D eigenvalue weighted by Crippen LogP contribution is 2.45. The molecule has 1 N–H and O–H groups in total. The van der Waals surface area contributed by atoms with E-state index in [-0.39, 0.29) is 5.91 Å². The molecule has 0 unspecified atom stereocenters. The Morgan fingerprint density at radius 3 is 2.38 bits per heavy atom. The van der Waals surface area contributed by atoms with Crippen LogP contribution >= 0.6 is 23.5 Å². The van der Waals surface area contributed by atoms with Crippen LogP contribution in [0.3, 0.4) is 0 Å². The van der Waals surface area contributed by atoms with Gasteiger partial charge in [-0.3, -0.25) is 4.79 Å². The molecule has 0 spiro atoms. The Bertz CT molecular complexity index is 553. The molecule has 5 heteroatoms. The van der Waals surface area contributed by atoms with Gasteiger partial charge >= 0.3 is 0 Å². The van der Waals surface area contributed by atoms with Gasteiger partial charge in [0.25, 0.3) is 5.91 Å². The number of benzene rings is 1. The van der Waals surface area contributed by atoms with Crippen molar-refractivity contribution in [3.05, 3.63) is 35.4 Å². The maximum Gasteiger partial charge on any atom is 0.252 e. The number of hydrogen-bond acceptors (Lipinski definition) is 4. The van der Waals surface area contributed by atoms with Crippen molar-refractivity contribution in [2.75, 3.05) is 11.5 Å². The molecule has 1 aliphatic heterocycles. The number of hydrogen-bond donors (Lipinski definition) is 1. The molecule has 1 amide bonds. The predicted octanol–water partition coefficient (Wildman–Crippen LogP) is 3.73. The Morgan fingerprint density at radius 2 is 1.81 bits per heavy atom. The summed E-state index contributed by atoms with van der Waals surface area (Å²) in [7, 11) is 0. The Labute approximate surface area is 133 Å². The quantitative estimate of drug-likeness (QED) is 0.922. The normalized spacial score (nSPS) is 21.1. The molecule has 2 aliphatic rings. The molecule has 0 atom stereocenters. The fourth-order valence-corrected chi connectivity index (χ4v) is 5.73. The predicted molar refractivity (Wildman–Crippen MR) is 88.4 cm³/mol. The van der Waals surface area contributed by atoms with Gasteiger partial charge in [-0.2, -0.15) is 5.26 Å². The topological polar surface area (TPSA) is 52.9 Å². The Morgan fingerprint density at radius 1 is 1.19 bits per heavy atom. The van der Waals surface area contributed by atoms with Crippen LogP contribution in [0.15, 0.2) is 24.3 Å². The number of carbonyl (C=O) groups excluding carboxylic acids is 1. The lowest BCUT2D eigenvalue weighted by molar-refractivity contribution is 0.0920. The van der Waals surface area contributed by atoms with Crippen molar-refractivity contribution in [2.45, 2.75) is 35.8 Å². The van der Waals surface area contributed by atoms with Gasteiger partial charge in [0, 0.05) is 17.1 Å². The molecule has 1 saturated heterocycles. The third-order valence-electron chi connectivity index (χ3n) is 4.09. The van der Waals surface area contributed by atoms with Crippen molar-refractivity contribution in [2.24, 2.45) is 0 Å². The SMILES string of the molecule is N#CC1(NC(=O)c2ccc(C3SCCS3)cc2)CCCC1. The molecule has 1 saturated carbocycles. The number of carbonyl (C=O) groups is 1. The summed E-state index contributed by atoms with van der Waals surface area (Å²) in [4.78, 5) is 12.3. The van der Waals surface area contributed by atoms with Gasteiger partial charge in [0.15, 0.2) is 0 Å². The summed E-state index contributed by atoms with van der Waals surface area (Å²) in [6.07, 6.45) is 3.57. The van der Waals surface area contributed by atoms with E-state index in [4.69, 9.17) is 0 Å². The minimum Gasteiger partial charge on any atom is -0.334 e. The highest BCUT2D eigenvalue weighted by molar-refractivity contribution is 8.19. The molecular weight excluding hydrogens is 300 g/mol. The van der Waals surface area contributed by atoms with Crippen LogP contribution in [0.25, 0.3) is 0 Å². The highest BCUT2D eigenvalue weighted by atomic mass is 32.2. The zero-order valence-electron chi connectivity index (χ0n) is 11.8. The summed E-state index contributed by atoms with van der Waals surface area (Å²) < 4.78 is 0.502. The smallest absolute Gasteiger partial charge is 0.252 e. The molecule has 0 aromatic heterocycles. The van der Waals surface area contributed by atoms with E-state index in [1.807, 2.05) is 47.8 Å². The molecule has 3 nitrogen and oxygen atoms in total.